The van der Waals surface area contributed by atoms with E-state index in [9.17, 15) is 4.39 Å². The quantitative estimate of drug-likeness (QED) is 0.803. The van der Waals surface area contributed by atoms with Gasteiger partial charge in [0.2, 0.25) is 0 Å². The van der Waals surface area contributed by atoms with Crippen LogP contribution in [0.15, 0.2) is 52.6 Å². The summed E-state index contributed by atoms with van der Waals surface area (Å²) in [6.45, 7) is 1.93. The van der Waals surface area contributed by atoms with Crippen molar-refractivity contribution in [3.05, 3.63) is 54.0 Å². The van der Waals surface area contributed by atoms with Gasteiger partial charge in [-0.1, -0.05) is 12.1 Å². The Morgan fingerprint density at radius 1 is 1.19 bits per heavy atom. The summed E-state index contributed by atoms with van der Waals surface area (Å²) in [5, 5.41) is 12.1. The Hall–Kier alpha value is -1.92. The summed E-state index contributed by atoms with van der Waals surface area (Å²) in [7, 11) is 1.82. The highest BCUT2D eigenvalue weighted by molar-refractivity contribution is 7.99. The molecule has 2 aromatic heterocycles. The maximum absolute atomic E-state index is 14.1. The molecule has 4 nitrogen and oxygen atoms in total. The number of halogens is 1. The maximum atomic E-state index is 14.1. The monoisotopic (exact) mass is 302 g/mol. The molecule has 0 aliphatic rings. The third-order valence-corrected chi connectivity index (χ3v) is 4.40. The molecule has 0 aliphatic heterocycles. The number of aromatic nitrogens is 3. The Balaban J connectivity index is 2.04. The lowest BCUT2D eigenvalue weighted by atomic mass is 10.1. The van der Waals surface area contributed by atoms with Gasteiger partial charge in [0.15, 0.2) is 10.8 Å². The second kappa shape index (κ2) is 5.83. The summed E-state index contributed by atoms with van der Waals surface area (Å²) in [5.74, 6) is -0.212. The topological polar surface area (TPSA) is 42.2 Å². The van der Waals surface area contributed by atoms with E-state index in [2.05, 4.69) is 15.5 Å². The molecule has 0 radical (unpaired) electrons. The van der Waals surface area contributed by atoms with E-state index in [0.717, 1.165) is 15.7 Å². The zero-order valence-corrected chi connectivity index (χ0v) is 12.6. The van der Waals surface area contributed by atoms with Crippen molar-refractivity contribution in [2.75, 3.05) is 7.05 Å². The summed E-state index contributed by atoms with van der Waals surface area (Å²) < 4.78 is 16.0. The minimum Gasteiger partial charge on any atom is -0.313 e. The normalized spacial score (nSPS) is 12.7. The average molecular weight is 302 g/mol. The molecule has 3 aromatic rings. The number of fused-ring (bicyclic) bond motifs is 1. The van der Waals surface area contributed by atoms with Gasteiger partial charge in [-0.25, -0.2) is 4.39 Å². The van der Waals surface area contributed by atoms with Gasteiger partial charge in [0.1, 0.15) is 5.82 Å². The molecule has 0 bridgehead atoms. The van der Waals surface area contributed by atoms with Crippen LogP contribution >= 0.6 is 11.8 Å². The Morgan fingerprint density at radius 3 is 2.86 bits per heavy atom. The SMILES string of the molecule is CNC(C)c1c(F)cccc1Sc1nnc2ccccn12. The first-order valence-electron chi connectivity index (χ1n) is 6.64. The van der Waals surface area contributed by atoms with Crippen molar-refractivity contribution in [2.45, 2.75) is 23.0 Å². The Labute approximate surface area is 126 Å². The highest BCUT2D eigenvalue weighted by Gasteiger charge is 2.17. The van der Waals surface area contributed by atoms with Gasteiger partial charge >= 0.3 is 0 Å². The van der Waals surface area contributed by atoms with Crippen LogP contribution in [0, 0.1) is 5.82 Å². The van der Waals surface area contributed by atoms with Crippen LogP contribution in [0.5, 0.6) is 0 Å². The van der Waals surface area contributed by atoms with Gasteiger partial charge in [-0.2, -0.15) is 0 Å². The van der Waals surface area contributed by atoms with Crippen molar-refractivity contribution in [3.8, 4) is 0 Å². The second-order valence-corrected chi connectivity index (χ2v) is 5.68. The van der Waals surface area contributed by atoms with Crippen molar-refractivity contribution in [1.29, 1.82) is 0 Å². The summed E-state index contributed by atoms with van der Waals surface area (Å²) in [4.78, 5) is 0.843. The van der Waals surface area contributed by atoms with E-state index in [0.29, 0.717) is 5.56 Å². The van der Waals surface area contributed by atoms with E-state index in [1.807, 2.05) is 48.8 Å². The third kappa shape index (κ3) is 2.64. The van der Waals surface area contributed by atoms with Gasteiger partial charge in [-0.05, 0) is 50.0 Å². The largest absolute Gasteiger partial charge is 0.313 e. The molecule has 3 rings (SSSR count). The average Bonchev–Trinajstić information content (AvgIpc) is 2.90. The number of hydrogen-bond donors (Lipinski definition) is 1. The van der Waals surface area contributed by atoms with E-state index < -0.39 is 0 Å². The summed E-state index contributed by atoms with van der Waals surface area (Å²) in [5.41, 5.74) is 1.43. The second-order valence-electron chi connectivity index (χ2n) is 4.68. The van der Waals surface area contributed by atoms with Gasteiger partial charge in [-0.15, -0.1) is 10.2 Å². The van der Waals surface area contributed by atoms with Gasteiger partial charge < -0.3 is 5.32 Å². The van der Waals surface area contributed by atoms with Gasteiger partial charge in [-0.3, -0.25) is 4.40 Å². The van der Waals surface area contributed by atoms with Crippen LogP contribution < -0.4 is 5.32 Å². The molecule has 0 saturated heterocycles. The number of rotatable bonds is 4. The summed E-state index contributed by atoms with van der Waals surface area (Å²) in [6, 6.07) is 10.7. The Morgan fingerprint density at radius 2 is 2.05 bits per heavy atom. The predicted molar refractivity (Wildman–Crippen MR) is 81.0 cm³/mol. The van der Waals surface area contributed by atoms with E-state index in [1.54, 1.807) is 6.07 Å². The molecule has 0 aliphatic carbocycles. The van der Waals surface area contributed by atoms with Crippen LogP contribution in [0.2, 0.25) is 0 Å². The van der Waals surface area contributed by atoms with E-state index in [-0.39, 0.29) is 11.9 Å². The lowest BCUT2D eigenvalue weighted by molar-refractivity contribution is 0.552. The van der Waals surface area contributed by atoms with Gasteiger partial charge in [0, 0.05) is 22.7 Å². The third-order valence-electron chi connectivity index (χ3n) is 3.36. The molecule has 6 heteroatoms. The first-order chi connectivity index (χ1) is 10.2. The molecule has 1 N–H and O–H groups in total. The molecular formula is C15H15FN4S. The van der Waals surface area contributed by atoms with E-state index in [4.69, 9.17) is 0 Å². The standard InChI is InChI=1S/C15H15FN4S/c1-10(17-2)14-11(16)6-5-7-12(14)21-15-19-18-13-8-3-4-9-20(13)15/h3-10,17H,1-2H3. The van der Waals surface area contributed by atoms with Crippen LogP contribution in [-0.4, -0.2) is 21.6 Å². The lowest BCUT2D eigenvalue weighted by Crippen LogP contribution is -2.15. The summed E-state index contributed by atoms with van der Waals surface area (Å²) >= 11 is 1.42. The molecule has 1 atom stereocenters. The molecule has 0 saturated carbocycles. The smallest absolute Gasteiger partial charge is 0.200 e. The number of nitrogens with one attached hydrogen (secondary N) is 1. The molecule has 2 heterocycles. The first-order valence-corrected chi connectivity index (χ1v) is 7.45. The van der Waals surface area contributed by atoms with Crippen LogP contribution in [0.3, 0.4) is 0 Å². The molecule has 0 spiro atoms. The minimum atomic E-state index is -0.212. The zero-order chi connectivity index (χ0) is 14.8. The predicted octanol–water partition coefficient (Wildman–Crippen LogP) is 3.30. The molecule has 0 amide bonds. The number of nitrogens with zero attached hydrogens (tertiary/aromatic N) is 3. The molecule has 1 aromatic carbocycles. The van der Waals surface area contributed by atoms with Crippen LogP contribution in [0.4, 0.5) is 4.39 Å². The highest BCUT2D eigenvalue weighted by Crippen LogP contribution is 2.33. The van der Waals surface area contributed by atoms with Gasteiger partial charge in [0.05, 0.1) is 0 Å². The number of benzene rings is 1. The van der Waals surface area contributed by atoms with Crippen molar-refractivity contribution in [2.24, 2.45) is 0 Å². The fourth-order valence-electron chi connectivity index (χ4n) is 2.16. The highest BCUT2D eigenvalue weighted by atomic mass is 32.2. The van der Waals surface area contributed by atoms with Crippen molar-refractivity contribution in [1.82, 2.24) is 19.9 Å². The molecule has 108 valence electrons. The number of pyridine rings is 1. The fourth-order valence-corrected chi connectivity index (χ4v) is 3.22. The molecular weight excluding hydrogens is 287 g/mol. The molecule has 0 fully saturated rings. The Kier molecular flexibility index (Phi) is 3.90. The van der Waals surface area contributed by atoms with Crippen LogP contribution in [0.1, 0.15) is 18.5 Å². The van der Waals surface area contributed by atoms with Gasteiger partial charge in [0.25, 0.3) is 0 Å². The Bertz CT molecular complexity index is 771. The maximum Gasteiger partial charge on any atom is 0.200 e. The molecule has 1 unspecified atom stereocenters. The van der Waals surface area contributed by atoms with Crippen LogP contribution in [0.25, 0.3) is 5.65 Å². The van der Waals surface area contributed by atoms with Crippen LogP contribution in [-0.2, 0) is 0 Å². The lowest BCUT2D eigenvalue weighted by Gasteiger charge is -2.15. The van der Waals surface area contributed by atoms with E-state index in [1.165, 1.54) is 17.8 Å². The van der Waals surface area contributed by atoms with Crippen molar-refractivity contribution in [3.63, 3.8) is 0 Å². The first kappa shape index (κ1) is 14.0. The fraction of sp³-hybridized carbons (Fsp3) is 0.200. The number of hydrogen-bond acceptors (Lipinski definition) is 4. The van der Waals surface area contributed by atoms with Crippen molar-refractivity contribution < 1.29 is 4.39 Å². The zero-order valence-electron chi connectivity index (χ0n) is 11.7. The van der Waals surface area contributed by atoms with E-state index >= 15 is 0 Å². The molecule has 21 heavy (non-hydrogen) atoms. The summed E-state index contributed by atoms with van der Waals surface area (Å²) in [6.07, 6.45) is 1.90. The van der Waals surface area contributed by atoms with Crippen molar-refractivity contribution >= 4 is 17.4 Å². The minimum absolute atomic E-state index is 0.0760.